The van der Waals surface area contributed by atoms with E-state index in [0.717, 1.165) is 16.9 Å². The third kappa shape index (κ3) is 4.36. The third-order valence-corrected chi connectivity index (χ3v) is 5.44. The molecule has 1 saturated heterocycles. The molecule has 1 aliphatic rings. The van der Waals surface area contributed by atoms with Gasteiger partial charge >= 0.3 is 0 Å². The first-order valence-corrected chi connectivity index (χ1v) is 9.96. The Morgan fingerprint density at radius 2 is 1.93 bits per heavy atom. The highest BCUT2D eigenvalue weighted by Gasteiger charge is 2.39. The Kier molecular flexibility index (Phi) is 6.09. The van der Waals surface area contributed by atoms with Crippen LogP contribution in [0, 0.1) is 5.92 Å². The van der Waals surface area contributed by atoms with Crippen molar-refractivity contribution in [1.82, 2.24) is 15.1 Å². The lowest BCUT2D eigenvalue weighted by Gasteiger charge is -2.16. The number of ether oxygens (including phenoxy) is 2. The Bertz CT molecular complexity index is 989. The van der Waals surface area contributed by atoms with E-state index in [-0.39, 0.29) is 17.7 Å². The van der Waals surface area contributed by atoms with Gasteiger partial charge in [-0.1, -0.05) is 30.3 Å². The first-order chi connectivity index (χ1) is 14.7. The van der Waals surface area contributed by atoms with Gasteiger partial charge in [0.1, 0.15) is 5.75 Å². The lowest BCUT2D eigenvalue weighted by molar-refractivity contribution is -0.129. The summed E-state index contributed by atoms with van der Waals surface area (Å²) in [5.41, 5.74) is 1.80. The highest BCUT2D eigenvalue weighted by molar-refractivity contribution is 5.79. The SMILES string of the molecule is COC[C@@H]1CN(C(=O)Cc2cccc(OC)c2)C[C@H]1c1nnc(-c2ccccc2)o1. The van der Waals surface area contributed by atoms with Crippen molar-refractivity contribution in [1.29, 1.82) is 0 Å². The van der Waals surface area contributed by atoms with Crippen LogP contribution in [0.1, 0.15) is 17.4 Å². The summed E-state index contributed by atoms with van der Waals surface area (Å²) >= 11 is 0. The predicted molar refractivity (Wildman–Crippen MR) is 111 cm³/mol. The molecule has 7 heteroatoms. The van der Waals surface area contributed by atoms with E-state index in [4.69, 9.17) is 13.9 Å². The topological polar surface area (TPSA) is 77.7 Å². The molecule has 0 N–H and O–H groups in total. The number of hydrogen-bond donors (Lipinski definition) is 0. The molecule has 30 heavy (non-hydrogen) atoms. The maximum Gasteiger partial charge on any atom is 0.247 e. The minimum Gasteiger partial charge on any atom is -0.497 e. The summed E-state index contributed by atoms with van der Waals surface area (Å²) in [6, 6.07) is 17.3. The second kappa shape index (κ2) is 9.09. The molecular formula is C23H25N3O4. The van der Waals surface area contributed by atoms with Crippen LogP contribution in [0.3, 0.4) is 0 Å². The number of benzene rings is 2. The van der Waals surface area contributed by atoms with Crippen LogP contribution in [0.15, 0.2) is 59.0 Å². The molecule has 2 heterocycles. The Labute approximate surface area is 175 Å². The van der Waals surface area contributed by atoms with Crippen LogP contribution in [0.4, 0.5) is 0 Å². The smallest absolute Gasteiger partial charge is 0.247 e. The van der Waals surface area contributed by atoms with Gasteiger partial charge in [-0.15, -0.1) is 10.2 Å². The molecule has 1 aromatic heterocycles. The van der Waals surface area contributed by atoms with Crippen molar-refractivity contribution in [3.05, 3.63) is 66.1 Å². The van der Waals surface area contributed by atoms with Gasteiger partial charge in [0.15, 0.2) is 0 Å². The van der Waals surface area contributed by atoms with Gasteiger partial charge in [0, 0.05) is 31.7 Å². The predicted octanol–water partition coefficient (Wildman–Crippen LogP) is 3.18. The molecule has 2 aromatic carbocycles. The number of carbonyl (C=O) groups is 1. The summed E-state index contributed by atoms with van der Waals surface area (Å²) < 4.78 is 16.6. The van der Waals surface area contributed by atoms with E-state index in [9.17, 15) is 4.79 Å². The molecular weight excluding hydrogens is 382 g/mol. The number of nitrogens with zero attached hydrogens (tertiary/aromatic N) is 3. The van der Waals surface area contributed by atoms with E-state index >= 15 is 0 Å². The van der Waals surface area contributed by atoms with E-state index in [1.807, 2.05) is 59.5 Å². The van der Waals surface area contributed by atoms with Gasteiger partial charge < -0.3 is 18.8 Å². The van der Waals surface area contributed by atoms with Crippen LogP contribution in [-0.4, -0.2) is 54.9 Å². The molecule has 0 saturated carbocycles. The number of methoxy groups -OCH3 is 2. The van der Waals surface area contributed by atoms with Gasteiger partial charge in [0.2, 0.25) is 17.7 Å². The molecule has 0 aliphatic carbocycles. The maximum absolute atomic E-state index is 12.9. The van der Waals surface area contributed by atoms with Crippen LogP contribution >= 0.6 is 0 Å². The molecule has 0 unspecified atom stereocenters. The number of rotatable bonds is 7. The van der Waals surface area contributed by atoms with E-state index in [0.29, 0.717) is 37.9 Å². The minimum atomic E-state index is -0.0517. The number of hydrogen-bond acceptors (Lipinski definition) is 6. The zero-order chi connectivity index (χ0) is 20.9. The van der Waals surface area contributed by atoms with Gasteiger partial charge in [-0.2, -0.15) is 0 Å². The average Bonchev–Trinajstić information content (AvgIpc) is 3.42. The molecule has 2 atom stereocenters. The monoisotopic (exact) mass is 407 g/mol. The van der Waals surface area contributed by atoms with Gasteiger partial charge in [-0.3, -0.25) is 4.79 Å². The zero-order valence-electron chi connectivity index (χ0n) is 17.2. The highest BCUT2D eigenvalue weighted by atomic mass is 16.5. The molecule has 3 aromatic rings. The quantitative estimate of drug-likeness (QED) is 0.599. The fourth-order valence-electron chi connectivity index (χ4n) is 3.89. The molecule has 0 radical (unpaired) electrons. The van der Waals surface area contributed by atoms with Crippen molar-refractivity contribution < 1.29 is 18.7 Å². The van der Waals surface area contributed by atoms with Gasteiger partial charge in [0.05, 0.1) is 26.1 Å². The Morgan fingerprint density at radius 1 is 1.10 bits per heavy atom. The number of aromatic nitrogens is 2. The third-order valence-electron chi connectivity index (χ3n) is 5.44. The fourth-order valence-corrected chi connectivity index (χ4v) is 3.89. The first kappa shape index (κ1) is 20.1. The lowest BCUT2D eigenvalue weighted by atomic mass is 9.97. The lowest BCUT2D eigenvalue weighted by Crippen LogP contribution is -2.30. The van der Waals surface area contributed by atoms with Crippen molar-refractivity contribution in [2.24, 2.45) is 5.92 Å². The first-order valence-electron chi connectivity index (χ1n) is 9.96. The van der Waals surface area contributed by atoms with Gasteiger partial charge in [-0.05, 0) is 29.8 Å². The molecule has 1 fully saturated rings. The van der Waals surface area contributed by atoms with E-state index in [2.05, 4.69) is 10.2 Å². The minimum absolute atomic E-state index is 0.0517. The van der Waals surface area contributed by atoms with Crippen molar-refractivity contribution in [2.45, 2.75) is 12.3 Å². The van der Waals surface area contributed by atoms with Gasteiger partial charge in [-0.25, -0.2) is 0 Å². The zero-order valence-corrected chi connectivity index (χ0v) is 17.2. The summed E-state index contributed by atoms with van der Waals surface area (Å²) in [7, 11) is 3.29. The summed E-state index contributed by atoms with van der Waals surface area (Å²) in [6.45, 7) is 1.66. The fraction of sp³-hybridized carbons (Fsp3) is 0.348. The summed E-state index contributed by atoms with van der Waals surface area (Å²) in [4.78, 5) is 14.8. The van der Waals surface area contributed by atoms with Crippen molar-refractivity contribution >= 4 is 5.91 Å². The maximum atomic E-state index is 12.9. The summed E-state index contributed by atoms with van der Waals surface area (Å²) in [5.74, 6) is 1.90. The van der Waals surface area contributed by atoms with Crippen molar-refractivity contribution in [3.63, 3.8) is 0 Å². The van der Waals surface area contributed by atoms with E-state index < -0.39 is 0 Å². The number of amides is 1. The molecule has 0 spiro atoms. The second-order valence-corrected chi connectivity index (χ2v) is 7.46. The summed E-state index contributed by atoms with van der Waals surface area (Å²) in [5, 5.41) is 8.49. The Morgan fingerprint density at radius 3 is 2.70 bits per heavy atom. The normalized spacial score (nSPS) is 18.5. The molecule has 1 amide bonds. The van der Waals surface area contributed by atoms with Crippen LogP contribution < -0.4 is 4.74 Å². The largest absolute Gasteiger partial charge is 0.497 e. The standard InChI is InChI=1S/C23H25N3O4/c1-28-15-18-13-26(21(27)12-16-7-6-10-19(11-16)29-2)14-20(18)23-25-24-22(30-23)17-8-4-3-5-9-17/h3-11,18,20H,12-15H2,1-2H3/t18-,20+/m0/s1. The van der Waals surface area contributed by atoms with Crippen LogP contribution in [0.25, 0.3) is 11.5 Å². The van der Waals surface area contributed by atoms with Crippen LogP contribution in [-0.2, 0) is 16.0 Å². The number of carbonyl (C=O) groups excluding carboxylic acids is 1. The number of likely N-dealkylation sites (tertiary alicyclic amines) is 1. The Balaban J connectivity index is 1.49. The average molecular weight is 407 g/mol. The van der Waals surface area contributed by atoms with E-state index in [1.165, 1.54) is 0 Å². The molecule has 0 bridgehead atoms. The molecule has 4 rings (SSSR count). The van der Waals surface area contributed by atoms with Crippen molar-refractivity contribution in [3.8, 4) is 17.2 Å². The molecule has 7 nitrogen and oxygen atoms in total. The van der Waals surface area contributed by atoms with Crippen LogP contribution in [0.5, 0.6) is 5.75 Å². The van der Waals surface area contributed by atoms with Crippen LogP contribution in [0.2, 0.25) is 0 Å². The molecule has 156 valence electrons. The highest BCUT2D eigenvalue weighted by Crippen LogP contribution is 2.34. The van der Waals surface area contributed by atoms with Crippen molar-refractivity contribution in [2.75, 3.05) is 33.9 Å². The van der Waals surface area contributed by atoms with E-state index in [1.54, 1.807) is 14.2 Å². The van der Waals surface area contributed by atoms with Gasteiger partial charge in [0.25, 0.3) is 0 Å². The second-order valence-electron chi connectivity index (χ2n) is 7.46. The molecule has 1 aliphatic heterocycles. The Hall–Kier alpha value is -3.19. The summed E-state index contributed by atoms with van der Waals surface area (Å²) in [6.07, 6.45) is 0.322.